The van der Waals surface area contributed by atoms with E-state index in [0.717, 1.165) is 38.5 Å². The maximum Gasteiger partial charge on any atom is 0.305 e. The van der Waals surface area contributed by atoms with Gasteiger partial charge in [-0.05, 0) is 57.8 Å². The number of amides is 1. The van der Waals surface area contributed by atoms with E-state index in [1.165, 1.54) is 353 Å². The standard InChI is InChI=1S/C75H145NO5/c1-3-5-7-9-11-13-15-17-19-21-32-35-39-43-47-51-55-59-63-67-73(78)72(71-77)76-74(79)68-64-60-56-52-48-44-40-36-33-30-28-26-24-23-25-27-29-31-34-38-42-46-50-54-58-62-66-70-81-75(80)69-65-61-57-53-49-45-41-37-22-20-18-16-14-12-10-8-6-4-2/h23-24,63,67,72-73,77-78H,3-22,25-62,64-66,68-71H2,1-2H3,(H,76,79)/b24-23-,67-63+. The molecule has 0 fully saturated rings. The van der Waals surface area contributed by atoms with Crippen LogP contribution in [0.15, 0.2) is 24.3 Å². The van der Waals surface area contributed by atoms with Crippen molar-refractivity contribution in [2.24, 2.45) is 0 Å². The number of rotatable bonds is 70. The number of ether oxygens (including phenoxy) is 1. The second-order valence-electron chi connectivity index (χ2n) is 25.6. The number of carbonyl (C=O) groups excluding carboxylic acids is 2. The highest BCUT2D eigenvalue weighted by atomic mass is 16.5. The van der Waals surface area contributed by atoms with E-state index in [0.29, 0.717) is 19.4 Å². The van der Waals surface area contributed by atoms with Crippen LogP contribution < -0.4 is 5.32 Å². The van der Waals surface area contributed by atoms with Crippen molar-refractivity contribution in [2.75, 3.05) is 13.2 Å². The summed E-state index contributed by atoms with van der Waals surface area (Å²) in [6, 6.07) is -0.629. The van der Waals surface area contributed by atoms with E-state index in [4.69, 9.17) is 4.74 Å². The molecule has 0 bridgehead atoms. The van der Waals surface area contributed by atoms with Gasteiger partial charge in [-0.2, -0.15) is 0 Å². The van der Waals surface area contributed by atoms with Gasteiger partial charge in [0.1, 0.15) is 0 Å². The lowest BCUT2D eigenvalue weighted by atomic mass is 10.0. The lowest BCUT2D eigenvalue weighted by Crippen LogP contribution is -2.45. The van der Waals surface area contributed by atoms with Crippen molar-refractivity contribution in [3.8, 4) is 0 Å². The Balaban J connectivity index is 3.38. The summed E-state index contributed by atoms with van der Waals surface area (Å²) >= 11 is 0. The summed E-state index contributed by atoms with van der Waals surface area (Å²) in [4.78, 5) is 24.6. The van der Waals surface area contributed by atoms with Crippen molar-refractivity contribution >= 4 is 11.9 Å². The summed E-state index contributed by atoms with van der Waals surface area (Å²) in [7, 11) is 0. The molecule has 3 N–H and O–H groups in total. The number of hydrogen-bond acceptors (Lipinski definition) is 5. The smallest absolute Gasteiger partial charge is 0.305 e. The van der Waals surface area contributed by atoms with Gasteiger partial charge in [-0.25, -0.2) is 0 Å². The summed E-state index contributed by atoms with van der Waals surface area (Å²) in [6.45, 7) is 4.95. The Bertz CT molecular complexity index is 1270. The number of hydrogen-bond donors (Lipinski definition) is 3. The fourth-order valence-electron chi connectivity index (χ4n) is 11.8. The summed E-state index contributed by atoms with van der Waals surface area (Å²) in [5, 5.41) is 23.2. The topological polar surface area (TPSA) is 95.9 Å². The first kappa shape index (κ1) is 79.3. The predicted octanol–water partition coefficient (Wildman–Crippen LogP) is 24.1. The van der Waals surface area contributed by atoms with Crippen LogP contribution in [-0.2, 0) is 14.3 Å². The lowest BCUT2D eigenvalue weighted by molar-refractivity contribution is -0.143. The van der Waals surface area contributed by atoms with Crippen LogP contribution in [0, 0.1) is 0 Å². The number of unbranched alkanes of at least 4 members (excludes halogenated alkanes) is 57. The van der Waals surface area contributed by atoms with Crippen molar-refractivity contribution in [1.29, 1.82) is 0 Å². The molecule has 0 saturated heterocycles. The van der Waals surface area contributed by atoms with E-state index < -0.39 is 12.1 Å². The van der Waals surface area contributed by atoms with Gasteiger partial charge in [0.05, 0.1) is 25.4 Å². The maximum atomic E-state index is 12.5. The number of aliphatic hydroxyl groups excluding tert-OH is 2. The molecule has 0 aliphatic carbocycles. The Morgan fingerprint density at radius 1 is 0.333 bits per heavy atom. The van der Waals surface area contributed by atoms with Crippen LogP contribution in [0.25, 0.3) is 0 Å². The van der Waals surface area contributed by atoms with Crippen LogP contribution in [0.4, 0.5) is 0 Å². The molecule has 0 aromatic rings. The molecule has 1 amide bonds. The molecule has 0 aliphatic heterocycles. The highest BCUT2D eigenvalue weighted by Gasteiger charge is 2.18. The van der Waals surface area contributed by atoms with Gasteiger partial charge in [0, 0.05) is 12.8 Å². The largest absolute Gasteiger partial charge is 0.466 e. The van der Waals surface area contributed by atoms with Crippen molar-refractivity contribution in [2.45, 2.75) is 431 Å². The monoisotopic (exact) mass is 1140 g/mol. The molecule has 0 aromatic carbocycles. The van der Waals surface area contributed by atoms with Gasteiger partial charge in [-0.15, -0.1) is 0 Å². The molecule has 2 unspecified atom stereocenters. The second kappa shape index (κ2) is 70.8. The van der Waals surface area contributed by atoms with Gasteiger partial charge in [-0.3, -0.25) is 9.59 Å². The van der Waals surface area contributed by atoms with Crippen molar-refractivity contribution in [3.63, 3.8) is 0 Å². The van der Waals surface area contributed by atoms with Crippen LogP contribution in [0.5, 0.6) is 0 Å². The Morgan fingerprint density at radius 2 is 0.580 bits per heavy atom. The minimum atomic E-state index is -0.846. The van der Waals surface area contributed by atoms with Crippen molar-refractivity contribution in [1.82, 2.24) is 5.32 Å². The highest BCUT2D eigenvalue weighted by molar-refractivity contribution is 5.76. The first-order valence-electron chi connectivity index (χ1n) is 37.1. The summed E-state index contributed by atoms with van der Waals surface area (Å²) in [5.41, 5.74) is 0. The normalized spacial score (nSPS) is 12.6. The minimum Gasteiger partial charge on any atom is -0.466 e. The number of aliphatic hydroxyl groups is 2. The van der Waals surface area contributed by atoms with Gasteiger partial charge in [0.25, 0.3) is 0 Å². The van der Waals surface area contributed by atoms with E-state index in [1.54, 1.807) is 6.08 Å². The van der Waals surface area contributed by atoms with Gasteiger partial charge in [0.2, 0.25) is 5.91 Å². The zero-order valence-corrected chi connectivity index (χ0v) is 55.0. The zero-order chi connectivity index (χ0) is 58.5. The van der Waals surface area contributed by atoms with E-state index in [9.17, 15) is 19.8 Å². The molecular weight excluding hydrogens is 995 g/mol. The molecule has 0 saturated carbocycles. The predicted molar refractivity (Wildman–Crippen MR) is 356 cm³/mol. The molecule has 0 rings (SSSR count). The summed E-state index contributed by atoms with van der Waals surface area (Å²) < 4.78 is 5.51. The highest BCUT2D eigenvalue weighted by Crippen LogP contribution is 2.19. The Morgan fingerprint density at radius 3 is 0.877 bits per heavy atom. The molecule has 0 spiro atoms. The molecule has 0 heterocycles. The maximum absolute atomic E-state index is 12.5. The van der Waals surface area contributed by atoms with Gasteiger partial charge >= 0.3 is 5.97 Å². The van der Waals surface area contributed by atoms with E-state index in [-0.39, 0.29) is 18.5 Å². The molecule has 0 aliphatic rings. The molecule has 0 radical (unpaired) electrons. The van der Waals surface area contributed by atoms with Crippen LogP contribution >= 0.6 is 0 Å². The van der Waals surface area contributed by atoms with Crippen LogP contribution in [0.1, 0.15) is 418 Å². The number of esters is 1. The molecular formula is C75H145NO5. The number of carbonyl (C=O) groups is 2. The average Bonchev–Trinajstić information content (AvgIpc) is 3.47. The average molecular weight is 1140 g/mol. The molecule has 480 valence electrons. The van der Waals surface area contributed by atoms with Crippen LogP contribution in [0.2, 0.25) is 0 Å². The molecule has 81 heavy (non-hydrogen) atoms. The first-order chi connectivity index (χ1) is 40.0. The van der Waals surface area contributed by atoms with Crippen LogP contribution in [-0.4, -0.2) is 47.4 Å². The minimum absolute atomic E-state index is 0.0200. The zero-order valence-electron chi connectivity index (χ0n) is 55.0. The fourth-order valence-corrected chi connectivity index (χ4v) is 11.8. The Labute approximate surface area is 507 Å². The van der Waals surface area contributed by atoms with Gasteiger partial charge in [0.15, 0.2) is 0 Å². The first-order valence-corrected chi connectivity index (χ1v) is 37.1. The Kier molecular flexibility index (Phi) is 69.4. The summed E-state index contributed by atoms with van der Waals surface area (Å²) in [5.74, 6) is -0.0449. The third-order valence-electron chi connectivity index (χ3n) is 17.5. The molecule has 6 nitrogen and oxygen atoms in total. The third kappa shape index (κ3) is 67.3. The van der Waals surface area contributed by atoms with Gasteiger partial charge < -0.3 is 20.3 Å². The van der Waals surface area contributed by atoms with E-state index >= 15 is 0 Å². The van der Waals surface area contributed by atoms with E-state index in [1.807, 2.05) is 6.08 Å². The molecule has 2 atom stereocenters. The summed E-state index contributed by atoms with van der Waals surface area (Å²) in [6.07, 6.45) is 89.8. The van der Waals surface area contributed by atoms with Crippen LogP contribution in [0.3, 0.4) is 0 Å². The number of nitrogens with one attached hydrogen (secondary N) is 1. The van der Waals surface area contributed by atoms with E-state index in [2.05, 4.69) is 31.3 Å². The van der Waals surface area contributed by atoms with Crippen molar-refractivity contribution < 1.29 is 24.5 Å². The lowest BCUT2D eigenvalue weighted by Gasteiger charge is -2.20. The number of allylic oxidation sites excluding steroid dienone is 3. The SMILES string of the molecule is CCCCCCCCCCCCCCCCCCC/C=C/C(O)C(CO)NC(=O)CCCCCCCCCCCCC/C=C\CCCCCCCCCCCCCCOC(=O)CCCCCCCCCCCCCCCCCCCC. The quantitative estimate of drug-likeness (QED) is 0.0320. The molecule has 0 aromatic heterocycles. The second-order valence-corrected chi connectivity index (χ2v) is 25.6. The van der Waals surface area contributed by atoms with Gasteiger partial charge in [-0.1, -0.05) is 372 Å². The fraction of sp³-hybridized carbons (Fsp3) is 0.920. The Hall–Kier alpha value is -1.66. The third-order valence-corrected chi connectivity index (χ3v) is 17.5. The van der Waals surface area contributed by atoms with Crippen molar-refractivity contribution in [3.05, 3.63) is 24.3 Å². The molecule has 6 heteroatoms.